The highest BCUT2D eigenvalue weighted by Gasteiger charge is 2.24. The van der Waals surface area contributed by atoms with Crippen LogP contribution >= 0.6 is 0 Å². The predicted molar refractivity (Wildman–Crippen MR) is 74.2 cm³/mol. The molecule has 2 atom stereocenters. The minimum absolute atomic E-state index is 0.537. The van der Waals surface area contributed by atoms with E-state index in [0.717, 1.165) is 17.8 Å². The third-order valence-corrected chi connectivity index (χ3v) is 3.68. The molecule has 0 aromatic carbocycles. The SMILES string of the molecule is BC(C)(CCC(C)C)CC(CC)C(C)C. The van der Waals surface area contributed by atoms with Crippen molar-refractivity contribution < 1.29 is 0 Å². The van der Waals surface area contributed by atoms with Crippen LogP contribution in [-0.2, 0) is 0 Å². The molecule has 0 aliphatic carbocycles. The third-order valence-electron chi connectivity index (χ3n) is 3.68. The summed E-state index contributed by atoms with van der Waals surface area (Å²) in [5, 5.41) is 0.537. The van der Waals surface area contributed by atoms with Crippen LogP contribution < -0.4 is 0 Å². The molecule has 0 rings (SSSR count). The van der Waals surface area contributed by atoms with Crippen LogP contribution in [-0.4, -0.2) is 7.85 Å². The summed E-state index contributed by atoms with van der Waals surface area (Å²) < 4.78 is 0. The zero-order valence-corrected chi connectivity index (χ0v) is 12.1. The molecule has 0 fully saturated rings. The zero-order chi connectivity index (χ0) is 12.1. The molecule has 0 aliphatic heterocycles. The monoisotopic (exact) mass is 210 g/mol. The van der Waals surface area contributed by atoms with Crippen molar-refractivity contribution >= 4 is 7.85 Å². The Morgan fingerprint density at radius 1 is 1.13 bits per heavy atom. The van der Waals surface area contributed by atoms with Crippen LogP contribution in [0.15, 0.2) is 0 Å². The second-order valence-corrected chi connectivity index (χ2v) is 6.71. The first-order chi connectivity index (χ1) is 6.78. The number of hydrogen-bond acceptors (Lipinski definition) is 0. The molecule has 0 amide bonds. The molecule has 0 radical (unpaired) electrons. The molecule has 0 aromatic heterocycles. The highest BCUT2D eigenvalue weighted by molar-refractivity contribution is 6.14. The van der Waals surface area contributed by atoms with Gasteiger partial charge in [-0.15, -0.1) is 0 Å². The minimum Gasteiger partial charge on any atom is -0.0669 e. The molecule has 0 saturated carbocycles. The van der Waals surface area contributed by atoms with Crippen molar-refractivity contribution in [2.75, 3.05) is 0 Å². The molecule has 0 aromatic rings. The van der Waals surface area contributed by atoms with Gasteiger partial charge in [-0.2, -0.15) is 0 Å². The lowest BCUT2D eigenvalue weighted by atomic mass is 9.61. The van der Waals surface area contributed by atoms with Crippen molar-refractivity contribution in [1.29, 1.82) is 0 Å². The first-order valence-corrected chi connectivity index (χ1v) is 6.78. The van der Waals surface area contributed by atoms with E-state index >= 15 is 0 Å². The van der Waals surface area contributed by atoms with Crippen LogP contribution in [0.25, 0.3) is 0 Å². The van der Waals surface area contributed by atoms with E-state index in [1.54, 1.807) is 0 Å². The van der Waals surface area contributed by atoms with E-state index in [-0.39, 0.29) is 0 Å². The standard InChI is InChI=1S/C14H31B/c1-7-13(12(4)5)10-14(6,15)9-8-11(2)3/h11-13H,7-10,15H2,1-6H3. The quantitative estimate of drug-likeness (QED) is 0.549. The predicted octanol–water partition coefficient (Wildman–Crippen LogP) is 4.31. The maximum atomic E-state index is 2.44. The molecular weight excluding hydrogens is 179 g/mol. The maximum absolute atomic E-state index is 2.44. The highest BCUT2D eigenvalue weighted by atomic mass is 14.3. The molecule has 90 valence electrons. The summed E-state index contributed by atoms with van der Waals surface area (Å²) in [6, 6.07) is 0. The van der Waals surface area contributed by atoms with E-state index < -0.39 is 0 Å². The smallest absolute Gasteiger partial charge is 0.0669 e. The topological polar surface area (TPSA) is 0 Å². The molecule has 1 heteroatoms. The van der Waals surface area contributed by atoms with Crippen molar-refractivity contribution in [3.63, 3.8) is 0 Å². The zero-order valence-electron chi connectivity index (χ0n) is 12.1. The lowest BCUT2D eigenvalue weighted by Crippen LogP contribution is -2.18. The second-order valence-electron chi connectivity index (χ2n) is 6.71. The van der Waals surface area contributed by atoms with Gasteiger partial charge in [0.2, 0.25) is 0 Å². The van der Waals surface area contributed by atoms with Crippen molar-refractivity contribution in [3.8, 4) is 0 Å². The third kappa shape index (κ3) is 7.03. The maximum Gasteiger partial charge on any atom is 0.109 e. The van der Waals surface area contributed by atoms with Gasteiger partial charge in [0.15, 0.2) is 0 Å². The van der Waals surface area contributed by atoms with Crippen molar-refractivity contribution in [3.05, 3.63) is 0 Å². The van der Waals surface area contributed by atoms with Gasteiger partial charge in [0, 0.05) is 0 Å². The van der Waals surface area contributed by atoms with Gasteiger partial charge in [0.1, 0.15) is 7.85 Å². The van der Waals surface area contributed by atoms with Gasteiger partial charge >= 0.3 is 0 Å². The summed E-state index contributed by atoms with van der Waals surface area (Å²) in [7, 11) is 2.44. The Labute approximate surface area is 98.6 Å². The Hall–Kier alpha value is 0.0649. The van der Waals surface area contributed by atoms with E-state index in [9.17, 15) is 0 Å². The average Bonchev–Trinajstić information content (AvgIpc) is 2.11. The first kappa shape index (κ1) is 15.1. The summed E-state index contributed by atoms with van der Waals surface area (Å²) >= 11 is 0. The fourth-order valence-corrected chi connectivity index (χ4v) is 2.34. The van der Waals surface area contributed by atoms with Crippen molar-refractivity contribution in [2.24, 2.45) is 17.8 Å². The number of rotatable bonds is 7. The Morgan fingerprint density at radius 3 is 2.00 bits per heavy atom. The molecule has 0 spiro atoms. The van der Waals surface area contributed by atoms with Crippen LogP contribution in [0.3, 0.4) is 0 Å². The van der Waals surface area contributed by atoms with Crippen LogP contribution in [0.2, 0.25) is 5.31 Å². The molecule has 0 saturated heterocycles. The van der Waals surface area contributed by atoms with Crippen LogP contribution in [0, 0.1) is 17.8 Å². The Morgan fingerprint density at radius 2 is 1.67 bits per heavy atom. The van der Waals surface area contributed by atoms with Gasteiger partial charge in [-0.25, -0.2) is 0 Å². The highest BCUT2D eigenvalue weighted by Crippen LogP contribution is 2.39. The Bertz CT molecular complexity index is 159. The van der Waals surface area contributed by atoms with Gasteiger partial charge < -0.3 is 0 Å². The number of hydrogen-bond donors (Lipinski definition) is 0. The van der Waals surface area contributed by atoms with Crippen molar-refractivity contribution in [1.82, 2.24) is 0 Å². The van der Waals surface area contributed by atoms with Gasteiger partial charge in [-0.3, -0.25) is 0 Å². The summed E-state index contributed by atoms with van der Waals surface area (Å²) in [6.45, 7) is 14.2. The molecular formula is C14H31B. The van der Waals surface area contributed by atoms with Gasteiger partial charge in [0.05, 0.1) is 0 Å². The second kappa shape index (κ2) is 6.61. The largest absolute Gasteiger partial charge is 0.109 e. The minimum atomic E-state index is 0.537. The summed E-state index contributed by atoms with van der Waals surface area (Å²) in [4.78, 5) is 0. The first-order valence-electron chi connectivity index (χ1n) is 6.78. The van der Waals surface area contributed by atoms with Gasteiger partial charge in [0.25, 0.3) is 0 Å². The van der Waals surface area contributed by atoms with E-state index in [2.05, 4.69) is 49.4 Å². The lowest BCUT2D eigenvalue weighted by molar-refractivity contribution is 0.292. The fraction of sp³-hybridized carbons (Fsp3) is 1.00. The lowest BCUT2D eigenvalue weighted by Gasteiger charge is -2.32. The fourth-order valence-electron chi connectivity index (χ4n) is 2.34. The molecule has 0 nitrogen and oxygen atoms in total. The summed E-state index contributed by atoms with van der Waals surface area (Å²) in [6.07, 6.45) is 5.49. The van der Waals surface area contributed by atoms with Gasteiger partial charge in [-0.05, 0) is 17.8 Å². The van der Waals surface area contributed by atoms with Crippen LogP contribution in [0.4, 0.5) is 0 Å². The normalized spacial score (nSPS) is 18.1. The van der Waals surface area contributed by atoms with Crippen LogP contribution in [0.5, 0.6) is 0 Å². The van der Waals surface area contributed by atoms with E-state index in [4.69, 9.17) is 0 Å². The molecule has 0 heterocycles. The Balaban J connectivity index is 4.09. The van der Waals surface area contributed by atoms with E-state index in [0.29, 0.717) is 5.31 Å². The molecule has 15 heavy (non-hydrogen) atoms. The van der Waals surface area contributed by atoms with Gasteiger partial charge in [-0.1, -0.05) is 72.5 Å². The molecule has 0 bridgehead atoms. The Kier molecular flexibility index (Phi) is 6.63. The van der Waals surface area contributed by atoms with E-state index in [1.165, 1.54) is 25.7 Å². The van der Waals surface area contributed by atoms with Crippen molar-refractivity contribution in [2.45, 2.75) is 72.5 Å². The molecule has 0 N–H and O–H groups in total. The summed E-state index contributed by atoms with van der Waals surface area (Å²) in [5.74, 6) is 2.60. The molecule has 2 unspecified atom stereocenters. The molecule has 0 aliphatic rings. The van der Waals surface area contributed by atoms with E-state index in [1.807, 2.05) is 0 Å². The van der Waals surface area contributed by atoms with Crippen LogP contribution in [0.1, 0.15) is 67.2 Å². The average molecular weight is 210 g/mol. The summed E-state index contributed by atoms with van der Waals surface area (Å²) in [5.41, 5.74) is 0.